The zero-order chi connectivity index (χ0) is 18.4. The van der Waals surface area contributed by atoms with E-state index in [1.807, 2.05) is 0 Å². The van der Waals surface area contributed by atoms with Crippen molar-refractivity contribution in [3.63, 3.8) is 0 Å². The Hall–Kier alpha value is -1.59. The molecule has 26 heavy (non-hydrogen) atoms. The van der Waals surface area contributed by atoms with Crippen molar-refractivity contribution < 1.29 is 19.1 Å². The number of alkyl halides is 2. The summed E-state index contributed by atoms with van der Waals surface area (Å²) in [6.45, 7) is 0. The summed E-state index contributed by atoms with van der Waals surface area (Å²) in [5.74, 6) is -0.0778. The van der Waals surface area contributed by atoms with Crippen LogP contribution in [-0.4, -0.2) is 35.6 Å². The maximum Gasteiger partial charge on any atom is 0.338 e. The number of hydrogen-bond acceptors (Lipinski definition) is 4. The number of imide groups is 1. The number of halogens is 2. The molecule has 1 heterocycles. The fraction of sp³-hybridized carbons (Fsp3) is 0.526. The molecular weight excluding hydrogens is 377 g/mol. The van der Waals surface area contributed by atoms with E-state index >= 15 is 0 Å². The number of benzene rings is 1. The van der Waals surface area contributed by atoms with Crippen LogP contribution in [0.25, 0.3) is 0 Å². The second-order valence-corrected chi connectivity index (χ2v) is 7.90. The molecule has 5 nitrogen and oxygen atoms in total. The van der Waals surface area contributed by atoms with Crippen molar-refractivity contribution in [1.82, 2.24) is 0 Å². The van der Waals surface area contributed by atoms with Crippen LogP contribution in [0.1, 0.15) is 29.6 Å². The fourth-order valence-electron chi connectivity index (χ4n) is 4.73. The maximum absolute atomic E-state index is 12.8. The lowest BCUT2D eigenvalue weighted by atomic mass is 9.81. The minimum Gasteiger partial charge on any atom is -0.456 e. The van der Waals surface area contributed by atoms with Crippen molar-refractivity contribution in [3.8, 4) is 0 Å². The summed E-state index contributed by atoms with van der Waals surface area (Å²) in [6.07, 6.45) is 2.55. The second-order valence-electron chi connectivity index (χ2n) is 7.28. The highest BCUT2D eigenvalue weighted by atomic mass is 35.5. The third kappa shape index (κ3) is 2.72. The molecule has 0 unspecified atom stereocenters. The molecule has 0 N–H and O–H groups in total. The van der Waals surface area contributed by atoms with E-state index in [4.69, 9.17) is 27.9 Å². The number of ether oxygens (including phenoxy) is 1. The van der Waals surface area contributed by atoms with E-state index < -0.39 is 12.1 Å². The summed E-state index contributed by atoms with van der Waals surface area (Å²) >= 11 is 11.3. The Morgan fingerprint density at radius 1 is 1.04 bits per heavy atom. The highest BCUT2D eigenvalue weighted by Crippen LogP contribution is 2.56. The van der Waals surface area contributed by atoms with E-state index in [9.17, 15) is 14.4 Å². The smallest absolute Gasteiger partial charge is 0.338 e. The quantitative estimate of drug-likeness (QED) is 0.436. The molecule has 138 valence electrons. The Kier molecular flexibility index (Phi) is 4.70. The summed E-state index contributed by atoms with van der Waals surface area (Å²) in [5.41, 5.74) is 0.838. The van der Waals surface area contributed by atoms with Gasteiger partial charge in [0.05, 0.1) is 34.8 Å². The first kappa shape index (κ1) is 17.8. The molecule has 1 aromatic carbocycles. The third-order valence-electron chi connectivity index (χ3n) is 5.91. The summed E-state index contributed by atoms with van der Waals surface area (Å²) in [7, 11) is 0. The van der Waals surface area contributed by atoms with Crippen LogP contribution in [0.4, 0.5) is 5.69 Å². The van der Waals surface area contributed by atoms with Gasteiger partial charge in [0.2, 0.25) is 11.8 Å². The lowest BCUT2D eigenvalue weighted by Gasteiger charge is -2.19. The van der Waals surface area contributed by atoms with Crippen molar-refractivity contribution in [2.24, 2.45) is 23.7 Å². The van der Waals surface area contributed by atoms with Gasteiger partial charge in [-0.1, -0.05) is 0 Å². The van der Waals surface area contributed by atoms with Crippen LogP contribution in [0.2, 0.25) is 0 Å². The molecule has 3 fully saturated rings. The Morgan fingerprint density at radius 3 is 2.08 bits per heavy atom. The molecule has 0 spiro atoms. The summed E-state index contributed by atoms with van der Waals surface area (Å²) < 4.78 is 5.19. The van der Waals surface area contributed by atoms with Gasteiger partial charge in [0.25, 0.3) is 0 Å². The molecule has 2 saturated carbocycles. The molecule has 1 aromatic rings. The fourth-order valence-corrected chi connectivity index (χ4v) is 5.19. The Balaban J connectivity index is 1.52. The molecule has 2 bridgehead atoms. The normalized spacial score (nSPS) is 29.6. The third-order valence-corrected chi connectivity index (χ3v) is 6.59. The van der Waals surface area contributed by atoms with E-state index in [-0.39, 0.29) is 35.4 Å². The standard InChI is InChI=1S/C19H19Cl2NO4/c20-8-14(9-21)26-19(25)10-3-5-13(6-4-10)22-17(23)15-11-1-2-12(7-11)16(15)18(22)24/h3-6,11-12,14-16H,1-2,7-9H2/t11-,12-,15-,16+/m0/s1. The number of amides is 2. The van der Waals surface area contributed by atoms with E-state index in [1.165, 1.54) is 4.90 Å². The minimum atomic E-state index is -0.554. The molecule has 7 heteroatoms. The van der Waals surface area contributed by atoms with Gasteiger partial charge in [-0.2, -0.15) is 0 Å². The lowest BCUT2D eigenvalue weighted by molar-refractivity contribution is -0.123. The van der Waals surface area contributed by atoms with E-state index in [0.29, 0.717) is 23.1 Å². The maximum atomic E-state index is 12.8. The van der Waals surface area contributed by atoms with Crippen molar-refractivity contribution in [3.05, 3.63) is 29.8 Å². The van der Waals surface area contributed by atoms with Crippen LogP contribution in [0.5, 0.6) is 0 Å². The first-order chi connectivity index (χ1) is 12.5. The van der Waals surface area contributed by atoms with Crippen LogP contribution in [-0.2, 0) is 14.3 Å². The minimum absolute atomic E-state index is 0.0909. The number of anilines is 1. The van der Waals surface area contributed by atoms with Crippen molar-refractivity contribution in [2.45, 2.75) is 25.4 Å². The van der Waals surface area contributed by atoms with Crippen LogP contribution in [0.15, 0.2) is 24.3 Å². The molecule has 1 saturated heterocycles. The van der Waals surface area contributed by atoms with Gasteiger partial charge in [0, 0.05) is 0 Å². The molecule has 0 radical (unpaired) electrons. The number of carbonyl (C=O) groups excluding carboxylic acids is 3. The topological polar surface area (TPSA) is 63.7 Å². The van der Waals surface area contributed by atoms with Crippen LogP contribution < -0.4 is 4.90 Å². The van der Waals surface area contributed by atoms with Gasteiger partial charge >= 0.3 is 5.97 Å². The average Bonchev–Trinajstić information content (AvgIpc) is 3.33. The number of carbonyl (C=O) groups is 3. The van der Waals surface area contributed by atoms with Crippen molar-refractivity contribution in [2.75, 3.05) is 16.7 Å². The van der Waals surface area contributed by atoms with E-state index in [1.54, 1.807) is 24.3 Å². The van der Waals surface area contributed by atoms with Crippen LogP contribution >= 0.6 is 23.2 Å². The average molecular weight is 396 g/mol. The number of rotatable bonds is 5. The predicted molar refractivity (Wildman–Crippen MR) is 97.4 cm³/mol. The van der Waals surface area contributed by atoms with E-state index in [2.05, 4.69) is 0 Å². The second kappa shape index (κ2) is 6.86. The molecule has 2 aliphatic carbocycles. The first-order valence-corrected chi connectivity index (χ1v) is 9.92. The Labute approximate surface area is 161 Å². The SMILES string of the molecule is O=C(OC(CCl)CCl)c1ccc(N2C(=O)[C@@H]3[C@H]4CC[C@@H](C4)[C@@H]3C2=O)cc1. The molecule has 1 aliphatic heterocycles. The van der Waals surface area contributed by atoms with Crippen LogP contribution in [0.3, 0.4) is 0 Å². The highest BCUT2D eigenvalue weighted by Gasteiger charge is 2.61. The molecule has 4 atom stereocenters. The zero-order valence-electron chi connectivity index (χ0n) is 14.1. The van der Waals surface area contributed by atoms with Gasteiger partial charge < -0.3 is 4.74 Å². The van der Waals surface area contributed by atoms with Gasteiger partial charge in [-0.05, 0) is 55.4 Å². The summed E-state index contributed by atoms with van der Waals surface area (Å²) in [4.78, 5) is 39.0. The number of esters is 1. The van der Waals surface area contributed by atoms with Gasteiger partial charge in [-0.15, -0.1) is 23.2 Å². The lowest BCUT2D eigenvalue weighted by Crippen LogP contribution is -2.32. The predicted octanol–water partition coefficient (Wildman–Crippen LogP) is 3.23. The monoisotopic (exact) mass is 395 g/mol. The number of hydrogen-bond donors (Lipinski definition) is 0. The Bertz CT molecular complexity index is 718. The van der Waals surface area contributed by atoms with Gasteiger partial charge in [-0.25, -0.2) is 4.79 Å². The van der Waals surface area contributed by atoms with Crippen molar-refractivity contribution >= 4 is 46.7 Å². The van der Waals surface area contributed by atoms with Crippen molar-refractivity contribution in [1.29, 1.82) is 0 Å². The molecule has 2 amide bonds. The first-order valence-electron chi connectivity index (χ1n) is 8.86. The number of fused-ring (bicyclic) bond motifs is 5. The van der Waals surface area contributed by atoms with Gasteiger partial charge in [-0.3, -0.25) is 14.5 Å². The van der Waals surface area contributed by atoms with E-state index in [0.717, 1.165) is 19.3 Å². The largest absolute Gasteiger partial charge is 0.456 e. The number of nitrogens with zero attached hydrogens (tertiary/aromatic N) is 1. The van der Waals surface area contributed by atoms with Gasteiger partial charge in [0.1, 0.15) is 6.10 Å². The molecular formula is C19H19Cl2NO4. The molecule has 3 aliphatic rings. The zero-order valence-corrected chi connectivity index (χ0v) is 15.6. The summed E-state index contributed by atoms with van der Waals surface area (Å²) in [5, 5.41) is 0. The Morgan fingerprint density at radius 2 is 1.58 bits per heavy atom. The molecule has 0 aromatic heterocycles. The highest BCUT2D eigenvalue weighted by molar-refractivity contribution is 6.23. The molecule has 4 rings (SSSR count). The van der Waals surface area contributed by atoms with Gasteiger partial charge in [0.15, 0.2) is 0 Å². The summed E-state index contributed by atoms with van der Waals surface area (Å²) in [6, 6.07) is 6.35. The van der Waals surface area contributed by atoms with Crippen LogP contribution in [0, 0.1) is 23.7 Å².